The average Bonchev–Trinajstić information content (AvgIpc) is 2.76. The van der Waals surface area contributed by atoms with Crippen LogP contribution in [0, 0.1) is 6.92 Å². The van der Waals surface area contributed by atoms with Gasteiger partial charge < -0.3 is 20.3 Å². The zero-order chi connectivity index (χ0) is 13.0. The first-order valence-corrected chi connectivity index (χ1v) is 5.61. The second-order valence-electron chi connectivity index (χ2n) is 3.61. The van der Waals surface area contributed by atoms with Gasteiger partial charge in [-0.15, -0.1) is 0 Å². The summed E-state index contributed by atoms with van der Waals surface area (Å²) in [7, 11) is 0. The molecular formula is C11H15N5O2. The Morgan fingerprint density at radius 3 is 2.89 bits per heavy atom. The SMILES string of the molecule is CCOc1nc(NCc2nc(C)no2)ccc1N. The summed E-state index contributed by atoms with van der Waals surface area (Å²) in [5.41, 5.74) is 6.24. The number of aromatic nitrogens is 3. The Kier molecular flexibility index (Phi) is 3.61. The number of nitrogen functional groups attached to an aromatic ring is 1. The van der Waals surface area contributed by atoms with Crippen LogP contribution in [0.1, 0.15) is 18.6 Å². The number of nitrogens with two attached hydrogens (primary N) is 1. The van der Waals surface area contributed by atoms with Gasteiger partial charge in [-0.25, -0.2) is 0 Å². The summed E-state index contributed by atoms with van der Waals surface area (Å²) < 4.78 is 10.3. The fourth-order valence-corrected chi connectivity index (χ4v) is 1.38. The van der Waals surface area contributed by atoms with Crippen molar-refractivity contribution in [3.05, 3.63) is 23.8 Å². The number of pyridine rings is 1. The molecule has 0 aliphatic rings. The first-order valence-electron chi connectivity index (χ1n) is 5.61. The molecule has 7 heteroatoms. The van der Waals surface area contributed by atoms with Crippen LogP contribution < -0.4 is 15.8 Å². The molecule has 0 radical (unpaired) electrons. The minimum atomic E-state index is 0.406. The molecule has 0 spiro atoms. The Labute approximate surface area is 104 Å². The van der Waals surface area contributed by atoms with E-state index in [-0.39, 0.29) is 0 Å². The van der Waals surface area contributed by atoms with E-state index in [2.05, 4.69) is 20.4 Å². The van der Waals surface area contributed by atoms with Gasteiger partial charge in [0.2, 0.25) is 11.8 Å². The molecule has 0 fully saturated rings. The number of hydrogen-bond donors (Lipinski definition) is 2. The van der Waals surface area contributed by atoms with E-state index >= 15 is 0 Å². The number of hydrogen-bond acceptors (Lipinski definition) is 7. The molecule has 0 atom stereocenters. The first kappa shape index (κ1) is 12.2. The molecule has 96 valence electrons. The number of ether oxygens (including phenoxy) is 1. The van der Waals surface area contributed by atoms with Gasteiger partial charge in [0.25, 0.3) is 0 Å². The molecule has 3 N–H and O–H groups in total. The highest BCUT2D eigenvalue weighted by atomic mass is 16.5. The fraction of sp³-hybridized carbons (Fsp3) is 0.364. The molecule has 0 amide bonds. The maximum Gasteiger partial charge on any atom is 0.245 e. The molecule has 7 nitrogen and oxygen atoms in total. The molecule has 0 saturated carbocycles. The van der Waals surface area contributed by atoms with Gasteiger partial charge in [-0.05, 0) is 26.0 Å². The van der Waals surface area contributed by atoms with Crippen LogP contribution in [-0.4, -0.2) is 21.7 Å². The molecule has 0 aromatic carbocycles. The summed E-state index contributed by atoms with van der Waals surface area (Å²) in [4.78, 5) is 8.31. The van der Waals surface area contributed by atoms with Crippen molar-refractivity contribution in [2.75, 3.05) is 17.7 Å². The Balaban J connectivity index is 2.03. The second kappa shape index (κ2) is 5.35. The molecule has 2 heterocycles. The van der Waals surface area contributed by atoms with Crippen molar-refractivity contribution < 1.29 is 9.26 Å². The molecule has 2 aromatic rings. The molecule has 2 aromatic heterocycles. The smallest absolute Gasteiger partial charge is 0.245 e. The van der Waals surface area contributed by atoms with E-state index in [0.717, 1.165) is 0 Å². The van der Waals surface area contributed by atoms with Crippen LogP contribution in [0.25, 0.3) is 0 Å². The second-order valence-corrected chi connectivity index (χ2v) is 3.61. The van der Waals surface area contributed by atoms with Gasteiger partial charge in [0.15, 0.2) is 5.82 Å². The zero-order valence-corrected chi connectivity index (χ0v) is 10.3. The number of rotatable bonds is 5. The topological polar surface area (TPSA) is 99.1 Å². The molecule has 18 heavy (non-hydrogen) atoms. The third-order valence-corrected chi connectivity index (χ3v) is 2.16. The maximum absolute atomic E-state index is 5.73. The summed E-state index contributed by atoms with van der Waals surface area (Å²) in [6, 6.07) is 3.50. The maximum atomic E-state index is 5.73. The van der Waals surface area contributed by atoms with E-state index < -0.39 is 0 Å². The van der Waals surface area contributed by atoms with Gasteiger partial charge in [-0.3, -0.25) is 0 Å². The number of aryl methyl sites for hydroxylation is 1. The van der Waals surface area contributed by atoms with Crippen molar-refractivity contribution in [1.82, 2.24) is 15.1 Å². The lowest BCUT2D eigenvalue weighted by Crippen LogP contribution is -2.05. The molecule has 0 aliphatic carbocycles. The van der Waals surface area contributed by atoms with Crippen LogP contribution in [0.2, 0.25) is 0 Å². The molecule has 0 unspecified atom stereocenters. The van der Waals surface area contributed by atoms with Gasteiger partial charge in [0.1, 0.15) is 5.82 Å². The van der Waals surface area contributed by atoms with Gasteiger partial charge in [-0.2, -0.15) is 9.97 Å². The molecule has 2 rings (SSSR count). The monoisotopic (exact) mass is 249 g/mol. The summed E-state index contributed by atoms with van der Waals surface area (Å²) in [5.74, 6) is 2.17. The van der Waals surface area contributed by atoms with Gasteiger partial charge in [-0.1, -0.05) is 5.16 Å². The van der Waals surface area contributed by atoms with Crippen molar-refractivity contribution in [3.63, 3.8) is 0 Å². The first-order chi connectivity index (χ1) is 8.69. The van der Waals surface area contributed by atoms with Crippen molar-refractivity contribution in [3.8, 4) is 5.88 Å². The Hall–Kier alpha value is -2.31. The fourth-order valence-electron chi connectivity index (χ4n) is 1.38. The number of anilines is 2. The summed E-state index contributed by atoms with van der Waals surface area (Å²) in [6.45, 7) is 4.57. The quantitative estimate of drug-likeness (QED) is 0.825. The van der Waals surface area contributed by atoms with Gasteiger partial charge in [0.05, 0.1) is 18.8 Å². The lowest BCUT2D eigenvalue weighted by Gasteiger charge is -2.08. The van der Waals surface area contributed by atoms with E-state index in [1.165, 1.54) is 0 Å². The Morgan fingerprint density at radius 1 is 1.39 bits per heavy atom. The van der Waals surface area contributed by atoms with Crippen LogP contribution >= 0.6 is 0 Å². The lowest BCUT2D eigenvalue weighted by molar-refractivity contribution is 0.329. The summed E-state index contributed by atoms with van der Waals surface area (Å²) >= 11 is 0. The van der Waals surface area contributed by atoms with Crippen molar-refractivity contribution in [2.24, 2.45) is 0 Å². The third kappa shape index (κ3) is 2.88. The highest BCUT2D eigenvalue weighted by Gasteiger charge is 2.06. The standard InChI is InChI=1S/C11H15N5O2/c1-3-17-11-8(12)4-5-9(15-11)13-6-10-14-7(2)16-18-10/h4-5H,3,6,12H2,1-2H3,(H,13,15). The number of nitrogens with one attached hydrogen (secondary N) is 1. The third-order valence-electron chi connectivity index (χ3n) is 2.16. The predicted molar refractivity (Wildman–Crippen MR) is 66.2 cm³/mol. The molecule has 0 aliphatic heterocycles. The lowest BCUT2D eigenvalue weighted by atomic mass is 10.4. The largest absolute Gasteiger partial charge is 0.476 e. The van der Waals surface area contributed by atoms with Crippen molar-refractivity contribution >= 4 is 11.5 Å². The molecular weight excluding hydrogens is 234 g/mol. The van der Waals surface area contributed by atoms with Crippen molar-refractivity contribution in [1.29, 1.82) is 0 Å². The minimum absolute atomic E-state index is 0.406. The predicted octanol–water partition coefficient (Wildman–Crippen LogP) is 1.37. The van der Waals surface area contributed by atoms with E-state index in [4.69, 9.17) is 15.0 Å². The zero-order valence-electron chi connectivity index (χ0n) is 10.3. The van der Waals surface area contributed by atoms with E-state index in [9.17, 15) is 0 Å². The highest BCUT2D eigenvalue weighted by molar-refractivity contribution is 5.53. The van der Waals surface area contributed by atoms with Crippen LogP contribution in [0.15, 0.2) is 16.7 Å². The Bertz CT molecular complexity index is 526. The minimum Gasteiger partial charge on any atom is -0.476 e. The number of nitrogens with zero attached hydrogens (tertiary/aromatic N) is 3. The Morgan fingerprint density at radius 2 is 2.22 bits per heavy atom. The molecule has 0 saturated heterocycles. The highest BCUT2D eigenvalue weighted by Crippen LogP contribution is 2.20. The summed E-state index contributed by atoms with van der Waals surface area (Å²) in [6.07, 6.45) is 0. The van der Waals surface area contributed by atoms with Crippen LogP contribution in [-0.2, 0) is 6.54 Å². The van der Waals surface area contributed by atoms with E-state index in [1.807, 2.05) is 6.92 Å². The van der Waals surface area contributed by atoms with Crippen LogP contribution in [0.3, 0.4) is 0 Å². The van der Waals surface area contributed by atoms with Gasteiger partial charge in [0, 0.05) is 0 Å². The van der Waals surface area contributed by atoms with Gasteiger partial charge >= 0.3 is 0 Å². The van der Waals surface area contributed by atoms with Crippen LogP contribution in [0.5, 0.6) is 5.88 Å². The van der Waals surface area contributed by atoms with E-state index in [1.54, 1.807) is 19.1 Å². The molecule has 0 bridgehead atoms. The van der Waals surface area contributed by atoms with Crippen LogP contribution in [0.4, 0.5) is 11.5 Å². The average molecular weight is 249 g/mol. The van der Waals surface area contributed by atoms with Crippen molar-refractivity contribution in [2.45, 2.75) is 20.4 Å². The summed E-state index contributed by atoms with van der Waals surface area (Å²) in [5, 5.41) is 6.76. The van der Waals surface area contributed by atoms with E-state index in [0.29, 0.717) is 42.3 Å². The normalized spacial score (nSPS) is 10.3.